The van der Waals surface area contributed by atoms with Crippen molar-refractivity contribution in [3.63, 3.8) is 0 Å². The number of amides is 1. The molecule has 2 N–H and O–H groups in total. The van der Waals surface area contributed by atoms with Crippen LogP contribution in [-0.4, -0.2) is 37.3 Å². The van der Waals surface area contributed by atoms with Gasteiger partial charge >= 0.3 is 5.97 Å². The predicted octanol–water partition coefficient (Wildman–Crippen LogP) is 3.85. The van der Waals surface area contributed by atoms with Gasteiger partial charge in [0.15, 0.2) is 17.6 Å². The Balaban J connectivity index is 2.30. The topological polar surface area (TPSA) is 94.1 Å². The van der Waals surface area contributed by atoms with Gasteiger partial charge in [-0.3, -0.25) is 4.79 Å². The van der Waals surface area contributed by atoms with Crippen LogP contribution in [0.15, 0.2) is 36.4 Å². The van der Waals surface area contributed by atoms with E-state index in [-0.39, 0.29) is 22.7 Å². The molecule has 0 spiro atoms. The van der Waals surface area contributed by atoms with Crippen LogP contribution in [0.1, 0.15) is 23.7 Å². The summed E-state index contributed by atoms with van der Waals surface area (Å²) in [5.74, 6) is -0.854. The van der Waals surface area contributed by atoms with Crippen LogP contribution in [0.5, 0.6) is 17.2 Å². The number of ether oxygens (including phenoxy) is 3. The molecule has 0 aromatic heterocycles. The molecule has 0 saturated heterocycles. The van der Waals surface area contributed by atoms with Gasteiger partial charge in [0.1, 0.15) is 5.75 Å². The number of carboxylic acids is 1. The minimum Gasteiger partial charge on any atom is -0.493 e. The number of hydrogen-bond donors (Lipinski definition) is 2. The van der Waals surface area contributed by atoms with Crippen LogP contribution in [-0.2, 0) is 4.79 Å². The first-order chi connectivity index (χ1) is 12.9. The molecular formula is C19H20ClNO6. The molecule has 2 aromatic rings. The number of benzene rings is 2. The third-order valence-electron chi connectivity index (χ3n) is 3.75. The average molecular weight is 394 g/mol. The third kappa shape index (κ3) is 4.83. The molecule has 0 aliphatic carbocycles. The van der Waals surface area contributed by atoms with Crippen molar-refractivity contribution in [2.45, 2.75) is 19.4 Å². The van der Waals surface area contributed by atoms with Gasteiger partial charge in [-0.2, -0.15) is 0 Å². The van der Waals surface area contributed by atoms with E-state index in [2.05, 4.69) is 5.32 Å². The van der Waals surface area contributed by atoms with Crippen LogP contribution in [0.3, 0.4) is 0 Å². The van der Waals surface area contributed by atoms with E-state index < -0.39 is 18.0 Å². The van der Waals surface area contributed by atoms with E-state index in [9.17, 15) is 14.7 Å². The molecule has 0 saturated carbocycles. The van der Waals surface area contributed by atoms with E-state index in [0.29, 0.717) is 17.2 Å². The van der Waals surface area contributed by atoms with Gasteiger partial charge in [-0.25, -0.2) is 4.79 Å². The van der Waals surface area contributed by atoms with Crippen molar-refractivity contribution >= 4 is 29.2 Å². The Kier molecular flexibility index (Phi) is 6.90. The maximum Gasteiger partial charge on any atom is 0.335 e. The second-order valence-corrected chi connectivity index (χ2v) is 5.91. The molecule has 0 aliphatic rings. The molecule has 1 amide bonds. The number of halogens is 1. The summed E-state index contributed by atoms with van der Waals surface area (Å²) in [6.45, 7) is 1.78. The Morgan fingerprint density at radius 3 is 2.41 bits per heavy atom. The summed E-state index contributed by atoms with van der Waals surface area (Å²) in [5.41, 5.74) is 0.114. The molecule has 8 heteroatoms. The Labute approximate surface area is 161 Å². The van der Waals surface area contributed by atoms with Gasteiger partial charge in [0.05, 0.1) is 30.5 Å². The van der Waals surface area contributed by atoms with Crippen molar-refractivity contribution in [3.8, 4) is 17.2 Å². The van der Waals surface area contributed by atoms with Crippen molar-refractivity contribution in [1.29, 1.82) is 0 Å². The first-order valence-electron chi connectivity index (χ1n) is 8.12. The van der Waals surface area contributed by atoms with Gasteiger partial charge in [0.25, 0.3) is 5.91 Å². The minimum absolute atomic E-state index is 0.0528. The number of anilines is 1. The number of nitrogens with one attached hydrogen (secondary N) is 1. The number of aromatic carboxylic acids is 1. The van der Waals surface area contributed by atoms with Crippen LogP contribution in [0.25, 0.3) is 0 Å². The number of rotatable bonds is 8. The lowest BCUT2D eigenvalue weighted by Gasteiger charge is -2.20. The van der Waals surface area contributed by atoms with Crippen molar-refractivity contribution < 1.29 is 28.9 Å². The SMILES string of the molecule is CCC(Oc1ccccc1Cl)C(=O)Nc1cc(C(=O)O)cc(OC)c1OC. The zero-order chi connectivity index (χ0) is 20.0. The maximum absolute atomic E-state index is 12.7. The fourth-order valence-corrected chi connectivity index (χ4v) is 2.59. The Morgan fingerprint density at radius 1 is 1.15 bits per heavy atom. The number of para-hydroxylation sites is 1. The average Bonchev–Trinajstić information content (AvgIpc) is 2.66. The number of carboxylic acid groups (broad SMARTS) is 1. The third-order valence-corrected chi connectivity index (χ3v) is 4.07. The quantitative estimate of drug-likeness (QED) is 0.707. The highest BCUT2D eigenvalue weighted by molar-refractivity contribution is 6.32. The van der Waals surface area contributed by atoms with Crippen LogP contribution in [0.2, 0.25) is 5.02 Å². The van der Waals surface area contributed by atoms with Crippen molar-refractivity contribution in [2.75, 3.05) is 19.5 Å². The standard InChI is InChI=1S/C19H20ClNO6/c1-4-14(27-15-8-6-5-7-12(15)20)18(22)21-13-9-11(19(23)24)10-16(25-2)17(13)26-3/h5-10,14H,4H2,1-3H3,(H,21,22)(H,23,24). The molecule has 0 fully saturated rings. The molecule has 27 heavy (non-hydrogen) atoms. The highest BCUT2D eigenvalue weighted by Gasteiger charge is 2.23. The van der Waals surface area contributed by atoms with Crippen LogP contribution < -0.4 is 19.5 Å². The smallest absolute Gasteiger partial charge is 0.335 e. The molecule has 2 rings (SSSR count). The van der Waals surface area contributed by atoms with Crippen LogP contribution >= 0.6 is 11.6 Å². The van der Waals surface area contributed by atoms with E-state index in [1.54, 1.807) is 31.2 Å². The van der Waals surface area contributed by atoms with Crippen molar-refractivity contribution in [1.82, 2.24) is 0 Å². The maximum atomic E-state index is 12.7. The summed E-state index contributed by atoms with van der Waals surface area (Å²) < 4.78 is 16.1. The summed E-state index contributed by atoms with van der Waals surface area (Å²) in [6, 6.07) is 9.43. The predicted molar refractivity (Wildman–Crippen MR) is 101 cm³/mol. The summed E-state index contributed by atoms with van der Waals surface area (Å²) >= 11 is 6.07. The molecule has 1 unspecified atom stereocenters. The molecule has 1 atom stereocenters. The fraction of sp³-hybridized carbons (Fsp3) is 0.263. The molecular weight excluding hydrogens is 374 g/mol. The zero-order valence-corrected chi connectivity index (χ0v) is 15.9. The summed E-state index contributed by atoms with van der Waals surface area (Å²) in [7, 11) is 2.77. The van der Waals surface area contributed by atoms with E-state index in [4.69, 9.17) is 25.8 Å². The number of carbonyl (C=O) groups excluding carboxylic acids is 1. The minimum atomic E-state index is -1.16. The first kappa shape index (κ1) is 20.4. The van der Waals surface area contributed by atoms with Gasteiger partial charge in [-0.1, -0.05) is 30.7 Å². The van der Waals surface area contributed by atoms with E-state index in [1.165, 1.54) is 26.4 Å². The molecule has 2 aromatic carbocycles. The van der Waals surface area contributed by atoms with Crippen LogP contribution in [0.4, 0.5) is 5.69 Å². The first-order valence-corrected chi connectivity index (χ1v) is 8.50. The van der Waals surface area contributed by atoms with Gasteiger partial charge in [-0.15, -0.1) is 0 Å². The number of carbonyl (C=O) groups is 2. The van der Waals surface area contributed by atoms with Gasteiger partial charge in [0, 0.05) is 0 Å². The number of methoxy groups -OCH3 is 2. The Hall–Kier alpha value is -2.93. The fourth-order valence-electron chi connectivity index (χ4n) is 2.41. The highest BCUT2D eigenvalue weighted by Crippen LogP contribution is 2.37. The second kappa shape index (κ2) is 9.14. The molecule has 7 nitrogen and oxygen atoms in total. The van der Waals surface area contributed by atoms with Crippen molar-refractivity contribution in [2.24, 2.45) is 0 Å². The number of hydrogen-bond acceptors (Lipinski definition) is 5. The lowest BCUT2D eigenvalue weighted by atomic mass is 10.1. The summed E-state index contributed by atoms with van der Waals surface area (Å²) in [6.07, 6.45) is -0.469. The van der Waals surface area contributed by atoms with Gasteiger partial charge in [0.2, 0.25) is 0 Å². The zero-order valence-electron chi connectivity index (χ0n) is 15.1. The van der Waals surface area contributed by atoms with Gasteiger partial charge in [-0.05, 0) is 30.7 Å². The van der Waals surface area contributed by atoms with E-state index in [0.717, 1.165) is 0 Å². The van der Waals surface area contributed by atoms with Crippen molar-refractivity contribution in [3.05, 3.63) is 47.0 Å². The van der Waals surface area contributed by atoms with Gasteiger partial charge < -0.3 is 24.6 Å². The molecule has 0 aliphatic heterocycles. The lowest BCUT2D eigenvalue weighted by Crippen LogP contribution is -2.32. The van der Waals surface area contributed by atoms with E-state index >= 15 is 0 Å². The molecule has 144 valence electrons. The second-order valence-electron chi connectivity index (χ2n) is 5.50. The Morgan fingerprint density at radius 2 is 1.85 bits per heavy atom. The summed E-state index contributed by atoms with van der Waals surface area (Å²) in [5, 5.41) is 12.3. The lowest BCUT2D eigenvalue weighted by molar-refractivity contribution is -0.122. The normalized spacial score (nSPS) is 11.4. The molecule has 0 radical (unpaired) electrons. The Bertz CT molecular complexity index is 839. The monoisotopic (exact) mass is 393 g/mol. The molecule has 0 heterocycles. The highest BCUT2D eigenvalue weighted by atomic mass is 35.5. The summed E-state index contributed by atoms with van der Waals surface area (Å²) in [4.78, 5) is 24.0. The van der Waals surface area contributed by atoms with Crippen LogP contribution in [0, 0.1) is 0 Å². The largest absolute Gasteiger partial charge is 0.493 e. The molecule has 0 bridgehead atoms. The van der Waals surface area contributed by atoms with E-state index in [1.807, 2.05) is 0 Å².